The highest BCUT2D eigenvalue weighted by Gasteiger charge is 2.35. The highest BCUT2D eigenvalue weighted by molar-refractivity contribution is 6.33. The molecular weight excluding hydrogens is 469 g/mol. The fraction of sp³-hybridized carbons (Fsp3) is 0.240. The summed E-state index contributed by atoms with van der Waals surface area (Å²) in [5.41, 5.74) is 2.37. The summed E-state index contributed by atoms with van der Waals surface area (Å²) in [5.74, 6) is -2.25. The first-order valence-corrected chi connectivity index (χ1v) is 11.2. The molecule has 8 heteroatoms. The number of aryl methyl sites for hydroxylation is 1. The number of aliphatic hydroxyl groups is 1. The third-order valence-corrected chi connectivity index (χ3v) is 6.40. The van der Waals surface area contributed by atoms with Gasteiger partial charge in [-0.15, -0.1) is 0 Å². The summed E-state index contributed by atoms with van der Waals surface area (Å²) >= 11 is 12.6. The first-order chi connectivity index (χ1) is 15.7. The van der Waals surface area contributed by atoms with E-state index in [1.165, 1.54) is 4.90 Å². The third kappa shape index (κ3) is 4.98. The summed E-state index contributed by atoms with van der Waals surface area (Å²) in [4.78, 5) is 16.6. The summed E-state index contributed by atoms with van der Waals surface area (Å²) in [6, 6.07) is 15.5. The molecule has 0 bridgehead atoms. The Bertz CT molecular complexity index is 1170. The Kier molecular flexibility index (Phi) is 6.88. The lowest BCUT2D eigenvalue weighted by Crippen LogP contribution is -2.52. The summed E-state index contributed by atoms with van der Waals surface area (Å²) < 4.78 is 27.8. The van der Waals surface area contributed by atoms with Gasteiger partial charge in [0, 0.05) is 30.2 Å². The lowest BCUT2D eigenvalue weighted by Gasteiger charge is -2.44. The van der Waals surface area contributed by atoms with Gasteiger partial charge in [-0.05, 0) is 60.5 Å². The van der Waals surface area contributed by atoms with Crippen molar-refractivity contribution < 1.29 is 18.7 Å². The van der Waals surface area contributed by atoms with Crippen LogP contribution in [0.25, 0.3) is 0 Å². The molecule has 4 rings (SSSR count). The second kappa shape index (κ2) is 9.67. The van der Waals surface area contributed by atoms with Gasteiger partial charge in [0.1, 0.15) is 11.6 Å². The zero-order valence-corrected chi connectivity index (χ0v) is 19.3. The number of benzene rings is 3. The predicted molar refractivity (Wildman–Crippen MR) is 126 cm³/mol. The van der Waals surface area contributed by atoms with E-state index in [9.17, 15) is 18.7 Å². The van der Waals surface area contributed by atoms with E-state index in [1.54, 1.807) is 12.1 Å². The molecule has 0 aliphatic carbocycles. The van der Waals surface area contributed by atoms with Crippen LogP contribution in [0, 0.1) is 18.6 Å². The number of amides is 1. The van der Waals surface area contributed by atoms with Crippen LogP contribution in [-0.4, -0.2) is 35.5 Å². The summed E-state index contributed by atoms with van der Waals surface area (Å²) in [6.07, 6.45) is -1.80. The van der Waals surface area contributed by atoms with Gasteiger partial charge in [-0.3, -0.25) is 4.79 Å². The molecule has 0 saturated carbocycles. The van der Waals surface area contributed by atoms with Crippen molar-refractivity contribution in [2.24, 2.45) is 0 Å². The minimum atomic E-state index is -1.80. The molecule has 4 nitrogen and oxygen atoms in total. The van der Waals surface area contributed by atoms with Gasteiger partial charge < -0.3 is 14.9 Å². The number of anilines is 1. The molecule has 0 spiro atoms. The van der Waals surface area contributed by atoms with Crippen molar-refractivity contribution in [1.82, 2.24) is 4.90 Å². The molecule has 3 aromatic carbocycles. The van der Waals surface area contributed by atoms with Crippen molar-refractivity contribution in [3.63, 3.8) is 0 Å². The minimum absolute atomic E-state index is 0.221. The number of aliphatic hydroxyl groups excluding tert-OH is 1. The molecule has 1 aliphatic rings. The molecule has 33 heavy (non-hydrogen) atoms. The molecule has 1 unspecified atom stereocenters. The first-order valence-electron chi connectivity index (χ1n) is 10.4. The second-order valence-electron chi connectivity index (χ2n) is 8.07. The molecule has 1 heterocycles. The molecule has 172 valence electrons. The number of hydrogen-bond donors (Lipinski definition) is 1. The lowest BCUT2D eigenvalue weighted by molar-refractivity contribution is -0.141. The molecule has 1 amide bonds. The van der Waals surface area contributed by atoms with Crippen molar-refractivity contribution in [2.45, 2.75) is 19.1 Å². The topological polar surface area (TPSA) is 43.8 Å². The van der Waals surface area contributed by atoms with E-state index >= 15 is 0 Å². The Morgan fingerprint density at radius 1 is 1.03 bits per heavy atom. The highest BCUT2D eigenvalue weighted by atomic mass is 35.5. The number of carbonyl (C=O) groups is 1. The van der Waals surface area contributed by atoms with Gasteiger partial charge in [0.25, 0.3) is 5.91 Å². The van der Waals surface area contributed by atoms with Crippen LogP contribution in [0.15, 0.2) is 60.7 Å². The molecule has 1 saturated heterocycles. The predicted octanol–water partition coefficient (Wildman–Crippen LogP) is 5.70. The van der Waals surface area contributed by atoms with Crippen LogP contribution < -0.4 is 4.90 Å². The number of piperazine rings is 1. The van der Waals surface area contributed by atoms with Gasteiger partial charge in [0.05, 0.1) is 16.8 Å². The second-order valence-corrected chi connectivity index (χ2v) is 8.91. The quantitative estimate of drug-likeness (QED) is 0.509. The normalized spacial score (nSPS) is 17.2. The van der Waals surface area contributed by atoms with E-state index in [0.717, 1.165) is 35.0 Å². The maximum atomic E-state index is 14.2. The Labute approximate surface area is 201 Å². The summed E-state index contributed by atoms with van der Waals surface area (Å²) in [7, 11) is 0. The Balaban J connectivity index is 1.65. The van der Waals surface area contributed by atoms with E-state index in [-0.39, 0.29) is 24.7 Å². The highest BCUT2D eigenvalue weighted by Crippen LogP contribution is 2.36. The maximum absolute atomic E-state index is 14.2. The van der Waals surface area contributed by atoms with Crippen LogP contribution in [0.1, 0.15) is 28.8 Å². The third-order valence-electron chi connectivity index (χ3n) is 5.85. The van der Waals surface area contributed by atoms with Crippen molar-refractivity contribution in [2.75, 3.05) is 24.5 Å². The summed E-state index contributed by atoms with van der Waals surface area (Å²) in [5, 5.41) is 11.7. The molecule has 0 aromatic heterocycles. The fourth-order valence-electron chi connectivity index (χ4n) is 4.12. The van der Waals surface area contributed by atoms with Gasteiger partial charge in [-0.2, -0.15) is 0 Å². The molecule has 0 radical (unpaired) electrons. The van der Waals surface area contributed by atoms with Crippen LogP contribution in [0.3, 0.4) is 0 Å². The fourth-order valence-corrected chi connectivity index (χ4v) is 4.59. The number of halogens is 4. The van der Waals surface area contributed by atoms with Crippen LogP contribution in [0.5, 0.6) is 0 Å². The van der Waals surface area contributed by atoms with E-state index in [0.29, 0.717) is 16.6 Å². The lowest BCUT2D eigenvalue weighted by atomic mass is 9.99. The van der Waals surface area contributed by atoms with Crippen molar-refractivity contribution in [3.05, 3.63) is 99.0 Å². The van der Waals surface area contributed by atoms with Gasteiger partial charge in [0.2, 0.25) is 0 Å². The monoisotopic (exact) mass is 490 g/mol. The molecule has 1 aliphatic heterocycles. The summed E-state index contributed by atoms with van der Waals surface area (Å²) in [6.45, 7) is 2.88. The zero-order chi connectivity index (χ0) is 23.7. The Morgan fingerprint density at radius 2 is 1.76 bits per heavy atom. The Morgan fingerprint density at radius 3 is 2.45 bits per heavy atom. The number of carbonyl (C=O) groups excluding carboxylic acids is 1. The number of nitrogens with zero attached hydrogens (tertiary/aromatic N) is 2. The molecule has 2 atom stereocenters. The average molecular weight is 491 g/mol. The van der Waals surface area contributed by atoms with E-state index < -0.39 is 23.6 Å². The average Bonchev–Trinajstić information content (AvgIpc) is 2.80. The van der Waals surface area contributed by atoms with E-state index in [4.69, 9.17) is 23.2 Å². The molecule has 1 N–H and O–H groups in total. The maximum Gasteiger partial charge on any atom is 0.256 e. The minimum Gasteiger partial charge on any atom is -0.378 e. The number of hydrogen-bond acceptors (Lipinski definition) is 3. The van der Waals surface area contributed by atoms with E-state index in [1.807, 2.05) is 37.3 Å². The van der Waals surface area contributed by atoms with Crippen LogP contribution in [0.2, 0.25) is 10.0 Å². The SMILES string of the molecule is Cc1ccc(N2CCN(C(=O)C(O)c3cc(F)ccc3F)C[C@H]2c2ccc(Cl)cc2)c(Cl)c1. The smallest absolute Gasteiger partial charge is 0.256 e. The molecular formula is C25H22Cl2F2N2O2. The standard InChI is InChI=1S/C25H22Cl2F2N2O2/c1-15-2-9-22(20(27)12-15)31-11-10-30(14-23(31)16-3-5-17(26)6-4-16)25(33)24(32)19-13-18(28)7-8-21(19)29/h2-9,12-13,23-24,32H,10-11,14H2,1H3/t23-,24?/m0/s1. The van der Waals surface area contributed by atoms with Crippen LogP contribution in [0.4, 0.5) is 14.5 Å². The van der Waals surface area contributed by atoms with Gasteiger partial charge in [0.15, 0.2) is 6.10 Å². The van der Waals surface area contributed by atoms with Crippen molar-refractivity contribution in [3.8, 4) is 0 Å². The zero-order valence-electron chi connectivity index (χ0n) is 17.8. The first kappa shape index (κ1) is 23.5. The van der Waals surface area contributed by atoms with Gasteiger partial charge in [-0.1, -0.05) is 41.4 Å². The van der Waals surface area contributed by atoms with Gasteiger partial charge in [-0.25, -0.2) is 8.78 Å². The molecule has 3 aromatic rings. The van der Waals surface area contributed by atoms with Crippen LogP contribution >= 0.6 is 23.2 Å². The molecule has 1 fully saturated rings. The number of rotatable bonds is 4. The Hall–Kier alpha value is -2.67. The van der Waals surface area contributed by atoms with Crippen molar-refractivity contribution >= 4 is 34.8 Å². The van der Waals surface area contributed by atoms with Crippen molar-refractivity contribution in [1.29, 1.82) is 0 Å². The van der Waals surface area contributed by atoms with Crippen LogP contribution in [-0.2, 0) is 4.79 Å². The van der Waals surface area contributed by atoms with Gasteiger partial charge >= 0.3 is 0 Å². The van der Waals surface area contributed by atoms with E-state index in [2.05, 4.69) is 4.90 Å². The largest absolute Gasteiger partial charge is 0.378 e.